The molecule has 2 aliphatic heterocycles. The van der Waals surface area contributed by atoms with E-state index < -0.39 is 0 Å². The second-order valence-electron chi connectivity index (χ2n) is 5.51. The number of hydrogen-bond donors (Lipinski definition) is 1. The van der Waals surface area contributed by atoms with Gasteiger partial charge in [-0.05, 0) is 18.3 Å². The fraction of sp³-hybridized carbons (Fsp3) is 0.923. The first-order valence-corrected chi connectivity index (χ1v) is 6.75. The maximum atomic E-state index is 12.1. The molecule has 0 saturated carbocycles. The van der Waals surface area contributed by atoms with Gasteiger partial charge >= 0.3 is 0 Å². The Hall–Kier alpha value is -0.610. The second-order valence-corrected chi connectivity index (χ2v) is 5.51. The van der Waals surface area contributed by atoms with Gasteiger partial charge in [-0.1, -0.05) is 13.8 Å². The van der Waals surface area contributed by atoms with Crippen LogP contribution in [0.25, 0.3) is 0 Å². The highest BCUT2D eigenvalue weighted by Crippen LogP contribution is 2.23. The highest BCUT2D eigenvalue weighted by molar-refractivity contribution is 5.77. The average molecular weight is 240 g/mol. The van der Waals surface area contributed by atoms with E-state index in [0.29, 0.717) is 18.9 Å². The maximum absolute atomic E-state index is 12.1. The Bertz CT molecular complexity index is 264. The van der Waals surface area contributed by atoms with E-state index in [-0.39, 0.29) is 11.9 Å². The number of amides is 1. The summed E-state index contributed by atoms with van der Waals surface area (Å²) in [4.78, 5) is 14.2. The summed E-state index contributed by atoms with van der Waals surface area (Å²) in [7, 11) is 0. The van der Waals surface area contributed by atoms with Crippen molar-refractivity contribution >= 4 is 5.91 Å². The van der Waals surface area contributed by atoms with Gasteiger partial charge in [0.15, 0.2) is 0 Å². The lowest BCUT2D eigenvalue weighted by atomic mass is 9.88. The van der Waals surface area contributed by atoms with Crippen LogP contribution in [0.15, 0.2) is 0 Å². The van der Waals surface area contributed by atoms with Crippen LogP contribution in [0.3, 0.4) is 0 Å². The lowest BCUT2D eigenvalue weighted by Gasteiger charge is -2.36. The van der Waals surface area contributed by atoms with Gasteiger partial charge in [-0.3, -0.25) is 4.79 Å². The van der Waals surface area contributed by atoms with E-state index in [4.69, 9.17) is 4.74 Å². The van der Waals surface area contributed by atoms with Gasteiger partial charge in [0.2, 0.25) is 5.91 Å². The number of likely N-dealkylation sites (tertiary alicyclic amines) is 1. The summed E-state index contributed by atoms with van der Waals surface area (Å²) in [6.07, 6.45) is 1.72. The van der Waals surface area contributed by atoms with Crippen molar-refractivity contribution in [1.82, 2.24) is 10.2 Å². The summed E-state index contributed by atoms with van der Waals surface area (Å²) in [5.74, 6) is 1.66. The van der Waals surface area contributed by atoms with Gasteiger partial charge < -0.3 is 15.0 Å². The highest BCUT2D eigenvalue weighted by Gasteiger charge is 2.27. The fourth-order valence-electron chi connectivity index (χ4n) is 2.58. The Morgan fingerprint density at radius 2 is 2.24 bits per heavy atom. The van der Waals surface area contributed by atoms with Crippen LogP contribution >= 0.6 is 0 Å². The molecule has 3 unspecified atom stereocenters. The van der Waals surface area contributed by atoms with Crippen molar-refractivity contribution in [3.05, 3.63) is 0 Å². The van der Waals surface area contributed by atoms with Crippen LogP contribution in [0.4, 0.5) is 0 Å². The first-order valence-electron chi connectivity index (χ1n) is 6.75. The molecule has 2 saturated heterocycles. The standard InChI is InChI=1S/C13H24N2O2/c1-10-3-5-15(8-11(10)2)13(16)7-12-9-17-6-4-14-12/h10-12,14H,3-9H2,1-2H3. The number of ether oxygens (including phenoxy) is 1. The molecule has 0 spiro atoms. The van der Waals surface area contributed by atoms with Crippen molar-refractivity contribution in [3.63, 3.8) is 0 Å². The van der Waals surface area contributed by atoms with E-state index in [1.165, 1.54) is 0 Å². The molecule has 0 aromatic rings. The molecule has 98 valence electrons. The molecular formula is C13H24N2O2. The smallest absolute Gasteiger partial charge is 0.224 e. The van der Waals surface area contributed by atoms with Crippen LogP contribution in [0.2, 0.25) is 0 Å². The van der Waals surface area contributed by atoms with Crippen LogP contribution in [0.5, 0.6) is 0 Å². The fourth-order valence-corrected chi connectivity index (χ4v) is 2.58. The zero-order valence-electron chi connectivity index (χ0n) is 10.9. The maximum Gasteiger partial charge on any atom is 0.224 e. The zero-order chi connectivity index (χ0) is 12.3. The molecule has 17 heavy (non-hydrogen) atoms. The van der Waals surface area contributed by atoms with Gasteiger partial charge in [-0.2, -0.15) is 0 Å². The van der Waals surface area contributed by atoms with Crippen LogP contribution in [0.1, 0.15) is 26.7 Å². The lowest BCUT2D eigenvalue weighted by molar-refractivity contribution is -0.134. The molecular weight excluding hydrogens is 216 g/mol. The number of rotatable bonds is 2. The molecule has 4 heteroatoms. The Morgan fingerprint density at radius 1 is 1.41 bits per heavy atom. The minimum absolute atomic E-state index is 0.214. The lowest BCUT2D eigenvalue weighted by Crippen LogP contribution is -2.47. The van der Waals surface area contributed by atoms with Gasteiger partial charge in [0, 0.05) is 32.1 Å². The van der Waals surface area contributed by atoms with Crippen molar-refractivity contribution in [2.75, 3.05) is 32.8 Å². The molecule has 1 N–H and O–H groups in total. The number of nitrogens with one attached hydrogen (secondary N) is 1. The predicted molar refractivity (Wildman–Crippen MR) is 66.8 cm³/mol. The zero-order valence-corrected chi connectivity index (χ0v) is 10.9. The molecule has 3 atom stereocenters. The average Bonchev–Trinajstić information content (AvgIpc) is 2.34. The van der Waals surface area contributed by atoms with Crippen LogP contribution in [-0.2, 0) is 9.53 Å². The molecule has 2 aliphatic rings. The number of carbonyl (C=O) groups is 1. The van der Waals surface area contributed by atoms with Crippen molar-refractivity contribution in [1.29, 1.82) is 0 Å². The monoisotopic (exact) mass is 240 g/mol. The van der Waals surface area contributed by atoms with Crippen molar-refractivity contribution in [2.24, 2.45) is 11.8 Å². The first kappa shape index (κ1) is 12.8. The molecule has 0 aromatic carbocycles. The number of nitrogens with zero attached hydrogens (tertiary/aromatic N) is 1. The summed E-state index contributed by atoms with van der Waals surface area (Å²) in [5, 5.41) is 3.34. The molecule has 0 radical (unpaired) electrons. The predicted octanol–water partition coefficient (Wildman–Crippen LogP) is 0.869. The molecule has 2 fully saturated rings. The third-order valence-corrected chi connectivity index (χ3v) is 4.11. The quantitative estimate of drug-likeness (QED) is 0.778. The first-order chi connectivity index (χ1) is 8.16. The summed E-state index contributed by atoms with van der Waals surface area (Å²) in [6.45, 7) is 8.68. The van der Waals surface area contributed by atoms with Crippen LogP contribution < -0.4 is 5.32 Å². The van der Waals surface area contributed by atoms with E-state index in [9.17, 15) is 4.79 Å². The summed E-state index contributed by atoms with van der Waals surface area (Å²) in [5.41, 5.74) is 0. The Morgan fingerprint density at radius 3 is 2.88 bits per heavy atom. The number of hydrogen-bond acceptors (Lipinski definition) is 3. The van der Waals surface area contributed by atoms with E-state index in [1.54, 1.807) is 0 Å². The minimum Gasteiger partial charge on any atom is -0.378 e. The SMILES string of the molecule is CC1CCN(C(=O)CC2COCCN2)CC1C. The van der Waals surface area contributed by atoms with Crippen molar-refractivity contribution < 1.29 is 9.53 Å². The summed E-state index contributed by atoms with van der Waals surface area (Å²) >= 11 is 0. The summed E-state index contributed by atoms with van der Waals surface area (Å²) < 4.78 is 5.38. The van der Waals surface area contributed by atoms with Gasteiger partial charge in [-0.15, -0.1) is 0 Å². The Labute approximate surface area is 104 Å². The number of morpholine rings is 1. The topological polar surface area (TPSA) is 41.6 Å². The molecule has 1 amide bonds. The van der Waals surface area contributed by atoms with Gasteiger partial charge in [0.25, 0.3) is 0 Å². The molecule has 2 heterocycles. The van der Waals surface area contributed by atoms with E-state index in [1.807, 2.05) is 4.90 Å². The normalized spacial score (nSPS) is 34.7. The van der Waals surface area contributed by atoms with Crippen LogP contribution in [-0.4, -0.2) is 49.7 Å². The van der Waals surface area contributed by atoms with Gasteiger partial charge in [-0.25, -0.2) is 0 Å². The Kier molecular flexibility index (Phi) is 4.40. The third-order valence-electron chi connectivity index (χ3n) is 4.11. The summed E-state index contributed by atoms with van der Waals surface area (Å²) in [6, 6.07) is 0.214. The second kappa shape index (κ2) is 5.83. The Balaban J connectivity index is 1.79. The van der Waals surface area contributed by atoms with Crippen molar-refractivity contribution in [3.8, 4) is 0 Å². The van der Waals surface area contributed by atoms with E-state index in [0.717, 1.165) is 38.6 Å². The minimum atomic E-state index is 0.214. The molecule has 2 rings (SSSR count). The highest BCUT2D eigenvalue weighted by atomic mass is 16.5. The third kappa shape index (κ3) is 3.42. The van der Waals surface area contributed by atoms with E-state index >= 15 is 0 Å². The number of piperidine rings is 1. The molecule has 0 aromatic heterocycles. The van der Waals surface area contributed by atoms with Crippen LogP contribution in [0, 0.1) is 11.8 Å². The van der Waals surface area contributed by atoms with Crippen molar-refractivity contribution in [2.45, 2.75) is 32.7 Å². The number of carbonyl (C=O) groups excluding carboxylic acids is 1. The molecule has 4 nitrogen and oxygen atoms in total. The van der Waals surface area contributed by atoms with Gasteiger partial charge in [0.1, 0.15) is 0 Å². The molecule has 0 bridgehead atoms. The molecule has 0 aliphatic carbocycles. The van der Waals surface area contributed by atoms with E-state index in [2.05, 4.69) is 19.2 Å². The van der Waals surface area contributed by atoms with Gasteiger partial charge in [0.05, 0.1) is 13.2 Å². The largest absolute Gasteiger partial charge is 0.378 e.